The fourth-order valence-corrected chi connectivity index (χ4v) is 5.46. The van der Waals surface area contributed by atoms with E-state index in [0.29, 0.717) is 12.2 Å². The molecule has 1 aliphatic carbocycles. The Kier molecular flexibility index (Phi) is 4.47. The average molecular weight is 401 g/mol. The molecule has 0 aromatic heterocycles. The lowest BCUT2D eigenvalue weighted by atomic mass is 9.77. The fraction of sp³-hybridized carbons (Fsp3) is 0.591. The molecule has 4 aliphatic rings. The highest BCUT2D eigenvalue weighted by Gasteiger charge is 2.58. The van der Waals surface area contributed by atoms with Crippen LogP contribution in [0.25, 0.3) is 0 Å². The lowest BCUT2D eigenvalue weighted by Gasteiger charge is -2.39. The van der Waals surface area contributed by atoms with Crippen LogP contribution in [0.2, 0.25) is 0 Å². The van der Waals surface area contributed by atoms with Crippen LogP contribution in [-0.2, 0) is 20.7 Å². The molecule has 1 N–H and O–H groups in total. The van der Waals surface area contributed by atoms with Crippen LogP contribution in [0.3, 0.4) is 0 Å². The van der Waals surface area contributed by atoms with E-state index < -0.39 is 18.2 Å². The maximum atomic E-state index is 12.5. The maximum absolute atomic E-state index is 12.5. The number of benzene rings is 1. The normalized spacial score (nSPS) is 30.7. The zero-order chi connectivity index (χ0) is 20.2. The van der Waals surface area contributed by atoms with Gasteiger partial charge in [-0.25, -0.2) is 4.79 Å². The lowest BCUT2D eigenvalue weighted by Crippen LogP contribution is -2.47. The second kappa shape index (κ2) is 6.92. The summed E-state index contributed by atoms with van der Waals surface area (Å²) in [5.41, 5.74) is 2.05. The van der Waals surface area contributed by atoms with E-state index >= 15 is 0 Å². The summed E-state index contributed by atoms with van der Waals surface area (Å²) in [6.07, 6.45) is 3.72. The van der Waals surface area contributed by atoms with Gasteiger partial charge in [-0.05, 0) is 61.6 Å². The van der Waals surface area contributed by atoms with Crippen molar-refractivity contribution < 1.29 is 28.8 Å². The van der Waals surface area contributed by atoms with E-state index in [2.05, 4.69) is 23.1 Å². The minimum Gasteiger partial charge on any atom is -0.497 e. The number of carbonyl (C=O) groups excluding carboxylic acids is 1. The van der Waals surface area contributed by atoms with E-state index in [9.17, 15) is 9.90 Å². The second-order valence-electron chi connectivity index (χ2n) is 8.25. The fourth-order valence-electron chi connectivity index (χ4n) is 5.46. The van der Waals surface area contributed by atoms with Gasteiger partial charge in [-0.3, -0.25) is 4.90 Å². The van der Waals surface area contributed by atoms with Crippen molar-refractivity contribution >= 4 is 5.97 Å². The minimum absolute atomic E-state index is 0.111. The monoisotopic (exact) mass is 401 g/mol. The van der Waals surface area contributed by atoms with Crippen molar-refractivity contribution in [2.45, 2.75) is 56.3 Å². The SMILES string of the molecule is CC[C@@H](O)C(=O)O[C@@H]1C(OC)=C[C@]23CCCN2CCc2cc4c(cc2[C@H]13)OCO4. The number of aliphatic hydroxyl groups is 1. The Morgan fingerprint density at radius 1 is 1.34 bits per heavy atom. The molecule has 156 valence electrons. The number of rotatable bonds is 4. The molecule has 5 rings (SSSR count). The van der Waals surface area contributed by atoms with Crippen LogP contribution >= 0.6 is 0 Å². The molecule has 0 radical (unpaired) electrons. The number of esters is 1. The lowest BCUT2D eigenvalue weighted by molar-refractivity contribution is -0.160. The van der Waals surface area contributed by atoms with Gasteiger partial charge < -0.3 is 24.1 Å². The molecule has 1 saturated heterocycles. The van der Waals surface area contributed by atoms with Crippen molar-refractivity contribution in [3.63, 3.8) is 0 Å². The number of carbonyl (C=O) groups is 1. The summed E-state index contributed by atoms with van der Waals surface area (Å²) >= 11 is 0. The predicted molar refractivity (Wildman–Crippen MR) is 104 cm³/mol. The molecular weight excluding hydrogens is 374 g/mol. The molecule has 0 amide bonds. The first kappa shape index (κ1) is 18.8. The summed E-state index contributed by atoms with van der Waals surface area (Å²) in [5.74, 6) is 1.44. The van der Waals surface area contributed by atoms with Gasteiger partial charge in [-0.1, -0.05) is 6.92 Å². The van der Waals surface area contributed by atoms with Crippen LogP contribution in [0.15, 0.2) is 24.0 Å². The summed E-state index contributed by atoms with van der Waals surface area (Å²) < 4.78 is 22.8. The van der Waals surface area contributed by atoms with Gasteiger partial charge in [-0.2, -0.15) is 0 Å². The molecular formula is C22H27NO6. The highest BCUT2D eigenvalue weighted by atomic mass is 16.7. The Labute approximate surface area is 170 Å². The van der Waals surface area contributed by atoms with E-state index in [1.807, 2.05) is 0 Å². The van der Waals surface area contributed by atoms with Gasteiger partial charge in [0.2, 0.25) is 6.79 Å². The molecule has 1 spiro atoms. The first-order valence-electron chi connectivity index (χ1n) is 10.4. The average Bonchev–Trinajstić information content (AvgIpc) is 3.41. The van der Waals surface area contributed by atoms with E-state index in [0.717, 1.165) is 49.4 Å². The summed E-state index contributed by atoms with van der Waals surface area (Å²) in [5, 5.41) is 10.0. The van der Waals surface area contributed by atoms with E-state index in [1.54, 1.807) is 14.0 Å². The van der Waals surface area contributed by atoms with Crippen molar-refractivity contribution in [2.75, 3.05) is 27.0 Å². The standard InChI is InChI=1S/C22H27NO6/c1-3-15(24)21(25)29-20-18(26-2)11-22-6-4-7-23(22)8-5-13-9-16-17(28-12-27-16)10-14(13)19(20)22/h9-11,15,19-20,24H,3-8,12H2,1-2H3/t15-,19-,20-,22+/m1/s1. The highest BCUT2D eigenvalue weighted by molar-refractivity contribution is 5.75. The quantitative estimate of drug-likeness (QED) is 0.775. The first-order valence-corrected chi connectivity index (χ1v) is 10.4. The number of methoxy groups -OCH3 is 1. The van der Waals surface area contributed by atoms with Gasteiger partial charge in [0.25, 0.3) is 0 Å². The molecule has 7 heteroatoms. The van der Waals surface area contributed by atoms with Crippen LogP contribution in [0, 0.1) is 0 Å². The largest absolute Gasteiger partial charge is 0.497 e. The van der Waals surface area contributed by atoms with E-state index in [4.69, 9.17) is 18.9 Å². The van der Waals surface area contributed by atoms with Crippen molar-refractivity contribution in [1.82, 2.24) is 4.90 Å². The Morgan fingerprint density at radius 2 is 2.14 bits per heavy atom. The van der Waals surface area contributed by atoms with Crippen molar-refractivity contribution in [2.24, 2.45) is 0 Å². The van der Waals surface area contributed by atoms with Crippen LogP contribution in [-0.4, -0.2) is 60.7 Å². The predicted octanol–water partition coefficient (Wildman–Crippen LogP) is 2.12. The second-order valence-corrected chi connectivity index (χ2v) is 8.25. The first-order chi connectivity index (χ1) is 14.1. The van der Waals surface area contributed by atoms with Crippen molar-refractivity contribution in [3.8, 4) is 11.5 Å². The minimum atomic E-state index is -1.13. The topological polar surface area (TPSA) is 77.5 Å². The molecule has 1 fully saturated rings. The number of aliphatic hydroxyl groups excluding tert-OH is 1. The van der Waals surface area contributed by atoms with Gasteiger partial charge in [0.1, 0.15) is 5.76 Å². The Morgan fingerprint density at radius 3 is 2.90 bits per heavy atom. The molecule has 29 heavy (non-hydrogen) atoms. The van der Waals surface area contributed by atoms with E-state index in [1.165, 1.54) is 5.56 Å². The third-order valence-electron chi connectivity index (χ3n) is 6.87. The zero-order valence-corrected chi connectivity index (χ0v) is 16.8. The molecule has 0 saturated carbocycles. The van der Waals surface area contributed by atoms with Gasteiger partial charge >= 0.3 is 5.97 Å². The maximum Gasteiger partial charge on any atom is 0.335 e. The number of ether oxygens (including phenoxy) is 4. The summed E-state index contributed by atoms with van der Waals surface area (Å²) in [7, 11) is 1.62. The van der Waals surface area contributed by atoms with Crippen LogP contribution < -0.4 is 9.47 Å². The summed E-state index contributed by atoms with van der Waals surface area (Å²) in [6.45, 7) is 3.91. The Balaban J connectivity index is 1.63. The van der Waals surface area contributed by atoms with Crippen LogP contribution in [0.4, 0.5) is 0 Å². The zero-order valence-electron chi connectivity index (χ0n) is 16.8. The third-order valence-corrected chi connectivity index (χ3v) is 6.87. The van der Waals surface area contributed by atoms with Crippen LogP contribution in [0.1, 0.15) is 43.2 Å². The van der Waals surface area contributed by atoms with Gasteiger partial charge in [0.05, 0.1) is 18.6 Å². The molecule has 0 unspecified atom stereocenters. The van der Waals surface area contributed by atoms with Crippen molar-refractivity contribution in [1.29, 1.82) is 0 Å². The highest BCUT2D eigenvalue weighted by Crippen LogP contribution is 2.55. The molecule has 3 heterocycles. The van der Waals surface area contributed by atoms with Crippen molar-refractivity contribution in [3.05, 3.63) is 35.1 Å². The number of hydrogen-bond donors (Lipinski definition) is 1. The Hall–Kier alpha value is -2.25. The summed E-state index contributed by atoms with van der Waals surface area (Å²) in [4.78, 5) is 15.0. The third kappa shape index (κ3) is 2.74. The molecule has 1 aromatic carbocycles. The number of fused-ring (bicyclic) bond motifs is 3. The van der Waals surface area contributed by atoms with E-state index in [-0.39, 0.29) is 18.2 Å². The Bertz CT molecular complexity index is 867. The molecule has 4 atom stereocenters. The molecule has 3 aliphatic heterocycles. The summed E-state index contributed by atoms with van der Waals surface area (Å²) in [6, 6.07) is 4.12. The smallest absolute Gasteiger partial charge is 0.335 e. The number of hydrogen-bond acceptors (Lipinski definition) is 7. The van der Waals surface area contributed by atoms with Gasteiger partial charge in [0, 0.05) is 6.54 Å². The van der Waals surface area contributed by atoms with Crippen LogP contribution in [0.5, 0.6) is 11.5 Å². The van der Waals surface area contributed by atoms with Gasteiger partial charge in [0.15, 0.2) is 23.7 Å². The number of nitrogens with zero attached hydrogens (tertiary/aromatic N) is 1. The molecule has 7 nitrogen and oxygen atoms in total. The van der Waals surface area contributed by atoms with Gasteiger partial charge in [-0.15, -0.1) is 0 Å². The molecule has 0 bridgehead atoms. The molecule has 1 aromatic rings.